The fraction of sp³-hybridized carbons (Fsp3) is 0.286. The Hall–Kier alpha value is -2.70. The summed E-state index contributed by atoms with van der Waals surface area (Å²) in [5, 5.41) is 11.4. The highest BCUT2D eigenvalue weighted by Crippen LogP contribution is 2.31. The smallest absolute Gasteiger partial charge is 0.344 e. The van der Waals surface area contributed by atoms with Crippen molar-refractivity contribution >= 4 is 22.6 Å². The summed E-state index contributed by atoms with van der Waals surface area (Å²) in [6.07, 6.45) is 1.24. The molecule has 0 unspecified atom stereocenters. The summed E-state index contributed by atoms with van der Waals surface area (Å²) in [4.78, 5) is 25.9. The number of carbonyl (C=O) groups excluding carboxylic acids is 1. The molecule has 0 saturated carbocycles. The number of carbonyl (C=O) groups is 1. The number of nitro groups is 1. The Balaban J connectivity index is 2.27. The Labute approximate surface area is 120 Å². The van der Waals surface area contributed by atoms with Gasteiger partial charge in [-0.3, -0.25) is 10.1 Å². The minimum atomic E-state index is -0.508. The van der Waals surface area contributed by atoms with Crippen LogP contribution in [0.2, 0.25) is 0 Å². The highest BCUT2D eigenvalue weighted by atomic mass is 16.6. The lowest BCUT2D eigenvalue weighted by molar-refractivity contribution is -0.383. The monoisotopic (exact) mass is 290 g/mol. The van der Waals surface area contributed by atoms with Gasteiger partial charge in [0.25, 0.3) is 5.69 Å². The summed E-state index contributed by atoms with van der Waals surface area (Å²) >= 11 is 0. The van der Waals surface area contributed by atoms with Crippen molar-refractivity contribution in [3.63, 3.8) is 0 Å². The third-order valence-corrected chi connectivity index (χ3v) is 2.62. The molecule has 21 heavy (non-hydrogen) atoms. The van der Waals surface area contributed by atoms with E-state index in [1.54, 1.807) is 26.0 Å². The van der Waals surface area contributed by atoms with Crippen LogP contribution in [0.5, 0.6) is 5.75 Å². The maximum atomic E-state index is 11.5. The van der Waals surface area contributed by atoms with Crippen LogP contribution < -0.4 is 4.74 Å². The van der Waals surface area contributed by atoms with E-state index in [1.165, 1.54) is 18.3 Å². The van der Waals surface area contributed by atoms with E-state index in [-0.39, 0.29) is 23.9 Å². The van der Waals surface area contributed by atoms with Crippen LogP contribution in [-0.2, 0) is 9.53 Å². The normalized spacial score (nSPS) is 10.6. The summed E-state index contributed by atoms with van der Waals surface area (Å²) in [6.45, 7) is 3.21. The van der Waals surface area contributed by atoms with E-state index in [9.17, 15) is 14.9 Å². The number of esters is 1. The van der Waals surface area contributed by atoms with Gasteiger partial charge in [0.1, 0.15) is 5.75 Å². The topological polar surface area (TPSA) is 91.6 Å². The molecule has 7 heteroatoms. The Morgan fingerprint density at radius 3 is 2.81 bits per heavy atom. The summed E-state index contributed by atoms with van der Waals surface area (Å²) in [7, 11) is 0. The van der Waals surface area contributed by atoms with Crippen LogP contribution in [0, 0.1) is 10.1 Å². The maximum absolute atomic E-state index is 11.5. The van der Waals surface area contributed by atoms with Gasteiger partial charge in [-0.05, 0) is 32.0 Å². The van der Waals surface area contributed by atoms with Gasteiger partial charge in [0.05, 0.1) is 11.0 Å². The van der Waals surface area contributed by atoms with E-state index < -0.39 is 10.9 Å². The van der Waals surface area contributed by atoms with Crippen molar-refractivity contribution in [2.75, 3.05) is 6.61 Å². The standard InChI is InChI=1S/C14H14N2O5/c1-9(2)21-13(17)8-20-12-6-5-11(16(18)19)14-10(12)4-3-7-15-14/h3-7,9H,8H2,1-2H3. The zero-order valence-corrected chi connectivity index (χ0v) is 11.6. The Bertz CT molecular complexity index is 684. The number of hydrogen-bond acceptors (Lipinski definition) is 6. The van der Waals surface area contributed by atoms with Crippen LogP contribution >= 0.6 is 0 Å². The van der Waals surface area contributed by atoms with Crippen molar-refractivity contribution in [1.29, 1.82) is 0 Å². The molecule has 2 rings (SSSR count). The number of aromatic nitrogens is 1. The fourth-order valence-electron chi connectivity index (χ4n) is 1.84. The van der Waals surface area contributed by atoms with Crippen LogP contribution in [0.1, 0.15) is 13.8 Å². The molecule has 0 aliphatic heterocycles. The summed E-state index contributed by atoms with van der Waals surface area (Å²) < 4.78 is 10.3. The molecule has 0 fully saturated rings. The molecule has 0 amide bonds. The largest absolute Gasteiger partial charge is 0.481 e. The lowest BCUT2D eigenvalue weighted by atomic mass is 10.1. The first kappa shape index (κ1) is 14.7. The molecule has 0 N–H and O–H groups in total. The van der Waals surface area contributed by atoms with Crippen molar-refractivity contribution in [2.24, 2.45) is 0 Å². The van der Waals surface area contributed by atoms with Gasteiger partial charge in [0.15, 0.2) is 12.1 Å². The predicted octanol–water partition coefficient (Wildman–Crippen LogP) is 2.47. The molecule has 7 nitrogen and oxygen atoms in total. The number of fused-ring (bicyclic) bond motifs is 1. The second-order valence-electron chi connectivity index (χ2n) is 4.57. The lowest BCUT2D eigenvalue weighted by Gasteiger charge is -2.10. The first-order chi connectivity index (χ1) is 9.99. The number of ether oxygens (including phenoxy) is 2. The molecule has 2 aromatic rings. The summed E-state index contributed by atoms with van der Waals surface area (Å²) in [5.74, 6) is -0.148. The predicted molar refractivity (Wildman–Crippen MR) is 75.1 cm³/mol. The molecule has 110 valence electrons. The van der Waals surface area contributed by atoms with Crippen molar-refractivity contribution in [3.8, 4) is 5.75 Å². The first-order valence-corrected chi connectivity index (χ1v) is 6.33. The van der Waals surface area contributed by atoms with Crippen molar-refractivity contribution in [3.05, 3.63) is 40.6 Å². The average Bonchev–Trinajstić information content (AvgIpc) is 2.43. The molecule has 0 aliphatic carbocycles. The van der Waals surface area contributed by atoms with Gasteiger partial charge in [-0.1, -0.05) is 0 Å². The van der Waals surface area contributed by atoms with Crippen molar-refractivity contribution in [2.45, 2.75) is 20.0 Å². The lowest BCUT2D eigenvalue weighted by Crippen LogP contribution is -2.18. The van der Waals surface area contributed by atoms with Gasteiger partial charge in [0.2, 0.25) is 0 Å². The van der Waals surface area contributed by atoms with Gasteiger partial charge in [-0.25, -0.2) is 9.78 Å². The van der Waals surface area contributed by atoms with Gasteiger partial charge >= 0.3 is 5.97 Å². The highest BCUT2D eigenvalue weighted by Gasteiger charge is 2.17. The molecule has 0 saturated heterocycles. The summed E-state index contributed by atoms with van der Waals surface area (Å²) in [5.41, 5.74) is 0.111. The number of benzene rings is 1. The molecule has 0 spiro atoms. The first-order valence-electron chi connectivity index (χ1n) is 6.33. The van der Waals surface area contributed by atoms with Crippen LogP contribution in [0.15, 0.2) is 30.5 Å². The Morgan fingerprint density at radius 1 is 1.38 bits per heavy atom. The van der Waals surface area contributed by atoms with E-state index >= 15 is 0 Å². The molecule has 0 aliphatic rings. The fourth-order valence-corrected chi connectivity index (χ4v) is 1.84. The van der Waals surface area contributed by atoms with E-state index in [2.05, 4.69) is 4.98 Å². The molecule has 1 aromatic carbocycles. The van der Waals surface area contributed by atoms with Gasteiger partial charge in [-0.2, -0.15) is 0 Å². The Kier molecular flexibility index (Phi) is 4.32. The molecule has 1 heterocycles. The molecule has 0 radical (unpaired) electrons. The SMILES string of the molecule is CC(C)OC(=O)COc1ccc([N+](=O)[O-])c2ncccc12. The molecule has 1 aromatic heterocycles. The third kappa shape index (κ3) is 3.44. The highest BCUT2D eigenvalue weighted by molar-refractivity contribution is 5.92. The van der Waals surface area contributed by atoms with Crippen molar-refractivity contribution < 1.29 is 19.2 Å². The van der Waals surface area contributed by atoms with E-state index in [0.29, 0.717) is 11.1 Å². The number of nitro benzene ring substituents is 1. The number of nitrogens with zero attached hydrogens (tertiary/aromatic N) is 2. The minimum Gasteiger partial charge on any atom is -0.481 e. The van der Waals surface area contributed by atoms with Crippen LogP contribution in [0.25, 0.3) is 10.9 Å². The second-order valence-corrected chi connectivity index (χ2v) is 4.57. The number of hydrogen-bond donors (Lipinski definition) is 0. The summed E-state index contributed by atoms with van der Waals surface area (Å²) in [6, 6.07) is 6.05. The van der Waals surface area contributed by atoms with Crippen molar-refractivity contribution in [1.82, 2.24) is 4.98 Å². The van der Waals surface area contributed by atoms with Crippen LogP contribution in [-0.4, -0.2) is 28.6 Å². The van der Waals surface area contributed by atoms with Gasteiger partial charge in [0, 0.05) is 17.6 Å². The number of rotatable bonds is 5. The number of non-ortho nitro benzene ring substituents is 1. The quantitative estimate of drug-likeness (QED) is 0.477. The minimum absolute atomic E-state index is 0.109. The van der Waals surface area contributed by atoms with Gasteiger partial charge in [-0.15, -0.1) is 0 Å². The van der Waals surface area contributed by atoms with E-state index in [0.717, 1.165) is 0 Å². The molecule has 0 atom stereocenters. The van der Waals surface area contributed by atoms with Gasteiger partial charge < -0.3 is 9.47 Å². The zero-order chi connectivity index (χ0) is 15.4. The Morgan fingerprint density at radius 2 is 2.14 bits per heavy atom. The average molecular weight is 290 g/mol. The maximum Gasteiger partial charge on any atom is 0.344 e. The molecular formula is C14H14N2O5. The molecule has 0 bridgehead atoms. The van der Waals surface area contributed by atoms with Crippen LogP contribution in [0.4, 0.5) is 5.69 Å². The van der Waals surface area contributed by atoms with Crippen LogP contribution in [0.3, 0.4) is 0 Å². The third-order valence-electron chi connectivity index (χ3n) is 2.62. The zero-order valence-electron chi connectivity index (χ0n) is 11.6. The van der Waals surface area contributed by atoms with E-state index in [1.807, 2.05) is 0 Å². The molecular weight excluding hydrogens is 276 g/mol. The number of pyridine rings is 1. The second kappa shape index (κ2) is 6.17. The van der Waals surface area contributed by atoms with E-state index in [4.69, 9.17) is 9.47 Å².